The molecule has 1 aliphatic heterocycles. The number of nitrogens with zero attached hydrogens (tertiary/aromatic N) is 1. The number of aliphatic hydroxyl groups is 1. The quantitative estimate of drug-likeness (QED) is 0.887. The number of hydrogen-bond acceptors (Lipinski definition) is 5. The van der Waals surface area contributed by atoms with Gasteiger partial charge in [-0.25, -0.2) is 13.2 Å². The van der Waals surface area contributed by atoms with Crippen LogP contribution in [-0.2, 0) is 10.0 Å². The Morgan fingerprint density at radius 3 is 2.67 bits per heavy atom. The van der Waals surface area contributed by atoms with Crippen molar-refractivity contribution in [3.05, 3.63) is 29.1 Å². The second-order valence-electron chi connectivity index (χ2n) is 4.87. The molecule has 1 saturated heterocycles. The van der Waals surface area contributed by atoms with Crippen LogP contribution in [0.15, 0.2) is 29.2 Å². The zero-order valence-corrected chi connectivity index (χ0v) is 12.5. The normalized spacial score (nSPS) is 20.1. The Hall–Kier alpha value is -1.48. The van der Waals surface area contributed by atoms with Crippen LogP contribution in [0, 0.1) is 0 Å². The van der Waals surface area contributed by atoms with Crippen molar-refractivity contribution in [3.8, 4) is 0 Å². The Bertz CT molecular complexity index is 811. The number of thiophene rings is 1. The first kappa shape index (κ1) is 14.5. The van der Waals surface area contributed by atoms with Crippen LogP contribution in [0.3, 0.4) is 0 Å². The molecule has 1 fully saturated rings. The lowest BCUT2D eigenvalue weighted by Gasteiger charge is -2.15. The summed E-state index contributed by atoms with van der Waals surface area (Å²) in [5.41, 5.74) is 0. The summed E-state index contributed by atoms with van der Waals surface area (Å²) in [6.07, 6.45) is -0.332. The second kappa shape index (κ2) is 5.06. The number of carboxylic acid groups (broad SMARTS) is 1. The van der Waals surface area contributed by atoms with E-state index in [1.807, 2.05) is 0 Å². The fourth-order valence-corrected chi connectivity index (χ4v) is 5.67. The monoisotopic (exact) mass is 327 g/mol. The van der Waals surface area contributed by atoms with Gasteiger partial charge in [-0.05, 0) is 12.5 Å². The highest BCUT2D eigenvalue weighted by Crippen LogP contribution is 2.37. The number of aromatic carboxylic acids is 1. The number of hydrogen-bond donors (Lipinski definition) is 2. The maximum atomic E-state index is 12.7. The molecule has 0 unspecified atom stereocenters. The van der Waals surface area contributed by atoms with Gasteiger partial charge in [0.05, 0.1) is 6.10 Å². The van der Waals surface area contributed by atoms with Gasteiger partial charge in [0, 0.05) is 23.2 Å². The third-order valence-corrected chi connectivity index (χ3v) is 6.71. The molecule has 6 nitrogen and oxygen atoms in total. The third kappa shape index (κ3) is 2.34. The van der Waals surface area contributed by atoms with Crippen molar-refractivity contribution in [2.24, 2.45) is 0 Å². The lowest BCUT2D eigenvalue weighted by Crippen LogP contribution is -2.30. The maximum absolute atomic E-state index is 12.7. The Morgan fingerprint density at radius 1 is 1.33 bits per heavy atom. The standard InChI is InChI=1S/C13H13NO5S2/c15-8-5-6-14(7-8)21(18,19)12-9-3-1-2-4-10(9)20-11(12)13(16)17/h1-4,8,15H,5-7H2,(H,16,17)/t8-/m0/s1. The Kier molecular flexibility index (Phi) is 3.48. The smallest absolute Gasteiger partial charge is 0.347 e. The molecule has 21 heavy (non-hydrogen) atoms. The lowest BCUT2D eigenvalue weighted by molar-refractivity contribution is 0.0698. The van der Waals surface area contributed by atoms with Gasteiger partial charge >= 0.3 is 5.97 Å². The first-order valence-corrected chi connectivity index (χ1v) is 8.60. The number of carboxylic acids is 1. The maximum Gasteiger partial charge on any atom is 0.347 e. The molecule has 8 heteroatoms. The minimum Gasteiger partial charge on any atom is -0.477 e. The van der Waals surface area contributed by atoms with Crippen LogP contribution in [0.4, 0.5) is 0 Å². The summed E-state index contributed by atoms with van der Waals surface area (Å²) in [6, 6.07) is 6.72. The number of rotatable bonds is 3. The van der Waals surface area contributed by atoms with Gasteiger partial charge < -0.3 is 10.2 Å². The predicted molar refractivity (Wildman–Crippen MR) is 78.2 cm³/mol. The summed E-state index contributed by atoms with van der Waals surface area (Å²) in [4.78, 5) is 11.1. The largest absolute Gasteiger partial charge is 0.477 e. The molecule has 0 spiro atoms. The van der Waals surface area contributed by atoms with Crippen molar-refractivity contribution < 1.29 is 23.4 Å². The lowest BCUT2D eigenvalue weighted by atomic mass is 10.2. The van der Waals surface area contributed by atoms with Crippen LogP contribution in [0.1, 0.15) is 16.1 Å². The van der Waals surface area contributed by atoms with E-state index in [1.165, 1.54) is 0 Å². The van der Waals surface area contributed by atoms with Gasteiger partial charge in [0.2, 0.25) is 10.0 Å². The molecular weight excluding hydrogens is 314 g/mol. The van der Waals surface area contributed by atoms with Gasteiger partial charge in [-0.2, -0.15) is 4.31 Å². The van der Waals surface area contributed by atoms with Crippen LogP contribution in [0.5, 0.6) is 0 Å². The molecule has 0 radical (unpaired) electrons. The third-order valence-electron chi connectivity index (χ3n) is 3.47. The van der Waals surface area contributed by atoms with E-state index >= 15 is 0 Å². The molecule has 3 rings (SSSR count). The van der Waals surface area contributed by atoms with Crippen LogP contribution in [-0.4, -0.2) is 48.1 Å². The molecule has 1 aromatic heterocycles. The summed E-state index contributed by atoms with van der Waals surface area (Å²) in [6.45, 7) is 0.207. The number of aliphatic hydroxyl groups excluding tert-OH is 1. The highest BCUT2D eigenvalue weighted by Gasteiger charge is 2.36. The number of β-amino-alcohol motifs (C(OH)–C–C–N with tert-alkyl or cyclic N) is 1. The van der Waals surface area contributed by atoms with Gasteiger partial charge in [0.1, 0.15) is 9.77 Å². The van der Waals surface area contributed by atoms with E-state index in [-0.39, 0.29) is 22.9 Å². The average molecular weight is 327 g/mol. The Balaban J connectivity index is 2.23. The van der Waals surface area contributed by atoms with Crippen molar-refractivity contribution in [2.45, 2.75) is 17.4 Å². The van der Waals surface area contributed by atoms with Gasteiger partial charge in [0.25, 0.3) is 0 Å². The van der Waals surface area contributed by atoms with Crippen molar-refractivity contribution in [2.75, 3.05) is 13.1 Å². The number of carbonyl (C=O) groups is 1. The van der Waals surface area contributed by atoms with Crippen LogP contribution >= 0.6 is 11.3 Å². The fourth-order valence-electron chi connectivity index (χ4n) is 2.48. The number of fused-ring (bicyclic) bond motifs is 1. The van der Waals surface area contributed by atoms with E-state index in [0.717, 1.165) is 15.6 Å². The molecule has 0 aliphatic carbocycles. The first-order chi connectivity index (χ1) is 9.91. The van der Waals surface area contributed by atoms with Crippen molar-refractivity contribution in [1.82, 2.24) is 4.31 Å². The van der Waals surface area contributed by atoms with Crippen molar-refractivity contribution in [1.29, 1.82) is 0 Å². The highest BCUT2D eigenvalue weighted by molar-refractivity contribution is 7.89. The molecule has 2 aromatic rings. The molecule has 2 N–H and O–H groups in total. The molecule has 1 aliphatic rings. The summed E-state index contributed by atoms with van der Waals surface area (Å²) in [5.74, 6) is -1.26. The summed E-state index contributed by atoms with van der Waals surface area (Å²) >= 11 is 0.951. The first-order valence-electron chi connectivity index (χ1n) is 6.34. The minimum absolute atomic E-state index is 0.00552. The van der Waals surface area contributed by atoms with Crippen LogP contribution < -0.4 is 0 Å². The molecular formula is C13H13NO5S2. The van der Waals surface area contributed by atoms with E-state index in [0.29, 0.717) is 16.5 Å². The van der Waals surface area contributed by atoms with E-state index in [1.54, 1.807) is 24.3 Å². The molecule has 0 bridgehead atoms. The molecule has 112 valence electrons. The van der Waals surface area contributed by atoms with Crippen molar-refractivity contribution >= 4 is 37.4 Å². The van der Waals surface area contributed by atoms with Crippen LogP contribution in [0.25, 0.3) is 10.1 Å². The Morgan fingerprint density at radius 2 is 2.05 bits per heavy atom. The SMILES string of the molecule is O=C(O)c1sc2ccccc2c1S(=O)(=O)N1CC[C@H](O)C1. The molecule has 1 aromatic carbocycles. The molecule has 0 saturated carbocycles. The van der Waals surface area contributed by atoms with Gasteiger partial charge in [-0.1, -0.05) is 18.2 Å². The average Bonchev–Trinajstić information content (AvgIpc) is 3.02. The number of sulfonamides is 1. The zero-order valence-electron chi connectivity index (χ0n) is 10.9. The van der Waals surface area contributed by atoms with E-state index in [9.17, 15) is 23.4 Å². The topological polar surface area (TPSA) is 94.9 Å². The number of benzene rings is 1. The zero-order chi connectivity index (χ0) is 15.2. The van der Waals surface area contributed by atoms with Gasteiger partial charge in [0.15, 0.2) is 0 Å². The predicted octanol–water partition coefficient (Wildman–Crippen LogP) is 1.35. The summed E-state index contributed by atoms with van der Waals surface area (Å²) in [7, 11) is -3.93. The molecule has 1 atom stereocenters. The molecule has 0 amide bonds. The summed E-state index contributed by atoms with van der Waals surface area (Å²) < 4.78 is 27.2. The van der Waals surface area contributed by atoms with Gasteiger partial charge in [-0.15, -0.1) is 11.3 Å². The second-order valence-corrected chi connectivity index (χ2v) is 7.79. The van der Waals surface area contributed by atoms with Crippen LogP contribution in [0.2, 0.25) is 0 Å². The van der Waals surface area contributed by atoms with E-state index in [2.05, 4.69) is 0 Å². The summed E-state index contributed by atoms with van der Waals surface area (Å²) in [5, 5.41) is 19.3. The minimum atomic E-state index is -3.93. The van der Waals surface area contributed by atoms with E-state index in [4.69, 9.17) is 0 Å². The Labute approximate surface area is 125 Å². The van der Waals surface area contributed by atoms with E-state index < -0.39 is 22.1 Å². The highest BCUT2D eigenvalue weighted by atomic mass is 32.2. The van der Waals surface area contributed by atoms with Crippen molar-refractivity contribution in [3.63, 3.8) is 0 Å². The molecule has 2 heterocycles. The fraction of sp³-hybridized carbons (Fsp3) is 0.308. The van der Waals surface area contributed by atoms with Gasteiger partial charge in [-0.3, -0.25) is 0 Å².